The van der Waals surface area contributed by atoms with E-state index in [1.807, 2.05) is 13.0 Å². The summed E-state index contributed by atoms with van der Waals surface area (Å²) in [5.74, 6) is 2.12. The van der Waals surface area contributed by atoms with E-state index in [0.717, 1.165) is 18.2 Å². The van der Waals surface area contributed by atoms with Gasteiger partial charge in [-0.2, -0.15) is 0 Å². The monoisotopic (exact) mass is 215 g/mol. The van der Waals surface area contributed by atoms with Gasteiger partial charge in [-0.3, -0.25) is 0 Å². The van der Waals surface area contributed by atoms with Gasteiger partial charge in [0.1, 0.15) is 11.6 Å². The quantitative estimate of drug-likeness (QED) is 0.577. The Bertz CT molecular complexity index is 270. The number of halogens is 1. The van der Waals surface area contributed by atoms with Crippen LogP contribution in [-0.4, -0.2) is 35.6 Å². The molecule has 4 nitrogen and oxygen atoms in total. The fraction of sp³-hybridized carbons (Fsp3) is 0.556. The number of nitrogens with one attached hydrogen (secondary N) is 1. The van der Waals surface area contributed by atoms with E-state index in [9.17, 15) is 0 Å². The number of alkyl halides is 1. The van der Waals surface area contributed by atoms with Crippen LogP contribution < -0.4 is 5.32 Å². The maximum atomic E-state index is 5.45. The molecule has 5 heteroatoms. The van der Waals surface area contributed by atoms with Gasteiger partial charge in [-0.05, 0) is 13.0 Å². The van der Waals surface area contributed by atoms with Crippen molar-refractivity contribution in [1.29, 1.82) is 0 Å². The molecule has 0 spiro atoms. The SMILES string of the molecule is Cc1nccc(NCCOCCCl)n1. The number of hydrogen-bond donors (Lipinski definition) is 1. The molecular weight excluding hydrogens is 202 g/mol. The Morgan fingerprint density at radius 1 is 1.50 bits per heavy atom. The molecule has 0 radical (unpaired) electrons. The van der Waals surface area contributed by atoms with E-state index < -0.39 is 0 Å². The number of anilines is 1. The van der Waals surface area contributed by atoms with E-state index in [2.05, 4.69) is 15.3 Å². The van der Waals surface area contributed by atoms with Crippen molar-refractivity contribution in [2.45, 2.75) is 6.92 Å². The molecule has 0 aliphatic carbocycles. The van der Waals surface area contributed by atoms with Gasteiger partial charge in [0.05, 0.1) is 13.2 Å². The topological polar surface area (TPSA) is 47.0 Å². The minimum Gasteiger partial charge on any atom is -0.378 e. The summed E-state index contributed by atoms with van der Waals surface area (Å²) in [5, 5.41) is 3.13. The second-order valence-corrected chi connectivity index (χ2v) is 3.10. The van der Waals surface area contributed by atoms with E-state index >= 15 is 0 Å². The molecule has 0 fully saturated rings. The smallest absolute Gasteiger partial charge is 0.129 e. The van der Waals surface area contributed by atoms with Crippen LogP contribution in [0, 0.1) is 6.92 Å². The first-order valence-electron chi connectivity index (χ1n) is 4.50. The molecule has 0 unspecified atom stereocenters. The Balaban J connectivity index is 2.18. The summed E-state index contributed by atoms with van der Waals surface area (Å²) >= 11 is 5.45. The summed E-state index contributed by atoms with van der Waals surface area (Å²) in [6, 6.07) is 1.83. The number of aromatic nitrogens is 2. The van der Waals surface area contributed by atoms with Crippen molar-refractivity contribution in [2.75, 3.05) is 31.0 Å². The molecule has 14 heavy (non-hydrogen) atoms. The number of ether oxygens (including phenoxy) is 1. The molecule has 1 N–H and O–H groups in total. The minimum absolute atomic E-state index is 0.534. The zero-order valence-electron chi connectivity index (χ0n) is 8.16. The molecule has 1 heterocycles. The second-order valence-electron chi connectivity index (χ2n) is 2.72. The van der Waals surface area contributed by atoms with Crippen LogP contribution in [0.5, 0.6) is 0 Å². The molecule has 1 rings (SSSR count). The van der Waals surface area contributed by atoms with Crippen LogP contribution in [0.2, 0.25) is 0 Å². The lowest BCUT2D eigenvalue weighted by Gasteiger charge is -2.05. The van der Waals surface area contributed by atoms with Crippen molar-refractivity contribution in [3.05, 3.63) is 18.1 Å². The first-order valence-corrected chi connectivity index (χ1v) is 5.03. The van der Waals surface area contributed by atoms with E-state index in [-0.39, 0.29) is 0 Å². The van der Waals surface area contributed by atoms with Gasteiger partial charge in [0.25, 0.3) is 0 Å². The molecule has 0 atom stereocenters. The van der Waals surface area contributed by atoms with Gasteiger partial charge in [0.15, 0.2) is 0 Å². The molecule has 0 saturated heterocycles. The lowest BCUT2D eigenvalue weighted by molar-refractivity contribution is 0.160. The van der Waals surface area contributed by atoms with Gasteiger partial charge in [0, 0.05) is 18.6 Å². The van der Waals surface area contributed by atoms with Crippen molar-refractivity contribution in [3.63, 3.8) is 0 Å². The van der Waals surface area contributed by atoms with E-state index in [4.69, 9.17) is 16.3 Å². The van der Waals surface area contributed by atoms with Gasteiger partial charge in [-0.15, -0.1) is 11.6 Å². The van der Waals surface area contributed by atoms with Crippen LogP contribution in [0.15, 0.2) is 12.3 Å². The maximum absolute atomic E-state index is 5.45. The lowest BCUT2D eigenvalue weighted by atomic mass is 10.5. The highest BCUT2D eigenvalue weighted by molar-refractivity contribution is 6.17. The Hall–Kier alpha value is -0.870. The number of aryl methyl sites for hydroxylation is 1. The van der Waals surface area contributed by atoms with Crippen LogP contribution in [0.25, 0.3) is 0 Å². The summed E-state index contributed by atoms with van der Waals surface area (Å²) < 4.78 is 5.20. The van der Waals surface area contributed by atoms with Crippen molar-refractivity contribution in [3.8, 4) is 0 Å². The van der Waals surface area contributed by atoms with E-state index in [0.29, 0.717) is 19.1 Å². The summed E-state index contributed by atoms with van der Waals surface area (Å²) in [7, 11) is 0. The van der Waals surface area contributed by atoms with Crippen molar-refractivity contribution >= 4 is 17.4 Å². The van der Waals surface area contributed by atoms with Crippen LogP contribution in [-0.2, 0) is 4.74 Å². The van der Waals surface area contributed by atoms with Gasteiger partial charge >= 0.3 is 0 Å². The van der Waals surface area contributed by atoms with Crippen molar-refractivity contribution in [2.24, 2.45) is 0 Å². The number of nitrogens with zero attached hydrogens (tertiary/aromatic N) is 2. The predicted molar refractivity (Wildman–Crippen MR) is 56.8 cm³/mol. The van der Waals surface area contributed by atoms with Crippen LogP contribution >= 0.6 is 11.6 Å². The van der Waals surface area contributed by atoms with Gasteiger partial charge in [-0.25, -0.2) is 9.97 Å². The molecule has 0 amide bonds. The molecule has 0 aromatic carbocycles. The third kappa shape index (κ3) is 4.39. The fourth-order valence-corrected chi connectivity index (χ4v) is 1.07. The minimum atomic E-state index is 0.534. The molecular formula is C9H14ClN3O. The summed E-state index contributed by atoms with van der Waals surface area (Å²) in [5.41, 5.74) is 0. The van der Waals surface area contributed by atoms with Gasteiger partial charge in [-0.1, -0.05) is 0 Å². The standard InChI is InChI=1S/C9H14ClN3O/c1-8-11-4-2-9(13-8)12-5-7-14-6-3-10/h2,4H,3,5-7H2,1H3,(H,11,12,13). The first-order chi connectivity index (χ1) is 6.83. The average molecular weight is 216 g/mol. The average Bonchev–Trinajstić information content (AvgIpc) is 2.18. The summed E-state index contributed by atoms with van der Waals surface area (Å²) in [6.07, 6.45) is 1.73. The third-order valence-electron chi connectivity index (χ3n) is 1.55. The Labute approximate surface area is 88.7 Å². The number of hydrogen-bond acceptors (Lipinski definition) is 4. The third-order valence-corrected chi connectivity index (χ3v) is 1.70. The maximum Gasteiger partial charge on any atom is 0.129 e. The van der Waals surface area contributed by atoms with Gasteiger partial charge in [0.2, 0.25) is 0 Å². The van der Waals surface area contributed by atoms with Gasteiger partial charge < -0.3 is 10.1 Å². The van der Waals surface area contributed by atoms with Crippen LogP contribution in [0.4, 0.5) is 5.82 Å². The highest BCUT2D eigenvalue weighted by Crippen LogP contribution is 1.99. The number of rotatable bonds is 6. The van der Waals surface area contributed by atoms with Crippen LogP contribution in [0.3, 0.4) is 0 Å². The molecule has 1 aromatic heterocycles. The predicted octanol–water partition coefficient (Wildman–Crippen LogP) is 1.45. The van der Waals surface area contributed by atoms with Crippen molar-refractivity contribution < 1.29 is 4.74 Å². The Morgan fingerprint density at radius 2 is 2.36 bits per heavy atom. The highest BCUT2D eigenvalue weighted by atomic mass is 35.5. The molecule has 0 aliphatic rings. The Morgan fingerprint density at radius 3 is 3.07 bits per heavy atom. The highest BCUT2D eigenvalue weighted by Gasteiger charge is 1.93. The molecule has 78 valence electrons. The van der Waals surface area contributed by atoms with Crippen molar-refractivity contribution in [1.82, 2.24) is 9.97 Å². The Kier molecular flexibility index (Phi) is 5.25. The summed E-state index contributed by atoms with van der Waals surface area (Å²) in [6.45, 7) is 3.81. The summed E-state index contributed by atoms with van der Waals surface area (Å²) in [4.78, 5) is 8.18. The zero-order valence-corrected chi connectivity index (χ0v) is 8.92. The second kappa shape index (κ2) is 6.56. The van der Waals surface area contributed by atoms with E-state index in [1.165, 1.54) is 0 Å². The molecule has 0 aliphatic heterocycles. The first kappa shape index (κ1) is 11.2. The molecule has 0 saturated carbocycles. The van der Waals surface area contributed by atoms with Crippen LogP contribution in [0.1, 0.15) is 5.82 Å². The van der Waals surface area contributed by atoms with E-state index in [1.54, 1.807) is 6.20 Å². The normalized spacial score (nSPS) is 10.1. The largest absolute Gasteiger partial charge is 0.378 e. The zero-order chi connectivity index (χ0) is 10.2. The lowest BCUT2D eigenvalue weighted by Crippen LogP contribution is -2.11. The molecule has 1 aromatic rings. The fourth-order valence-electron chi connectivity index (χ4n) is 0.963. The molecule has 0 bridgehead atoms.